The van der Waals surface area contributed by atoms with Crippen molar-refractivity contribution in [1.29, 1.82) is 0 Å². The van der Waals surface area contributed by atoms with E-state index in [2.05, 4.69) is 24.4 Å². The first-order valence-corrected chi connectivity index (χ1v) is 7.80. The number of nitrogens with zero attached hydrogens (tertiary/aromatic N) is 1. The van der Waals surface area contributed by atoms with Crippen LogP contribution in [-0.4, -0.2) is 45.2 Å². The van der Waals surface area contributed by atoms with Crippen LogP contribution in [0, 0.1) is 0 Å². The van der Waals surface area contributed by atoms with E-state index in [0.29, 0.717) is 5.56 Å². The summed E-state index contributed by atoms with van der Waals surface area (Å²) >= 11 is 2.99. The number of ether oxygens (including phenoxy) is 1. The van der Waals surface area contributed by atoms with Crippen LogP contribution >= 0.6 is 22.7 Å². The van der Waals surface area contributed by atoms with Gasteiger partial charge in [-0.15, -0.1) is 11.3 Å². The molecule has 2 rings (SSSR count). The zero-order valence-corrected chi connectivity index (χ0v) is 12.9. The van der Waals surface area contributed by atoms with Gasteiger partial charge in [0.1, 0.15) is 4.83 Å². The van der Waals surface area contributed by atoms with E-state index in [0.717, 1.165) is 34.2 Å². The van der Waals surface area contributed by atoms with Crippen LogP contribution in [0.4, 0.5) is 5.13 Å². The number of nitrogens with one attached hydrogen (secondary N) is 2. The highest BCUT2D eigenvalue weighted by molar-refractivity contribution is 7.28. The monoisotopic (exact) mass is 300 g/mol. The second-order valence-corrected chi connectivity index (χ2v) is 6.39. The average molecular weight is 300 g/mol. The summed E-state index contributed by atoms with van der Waals surface area (Å²) in [5.74, 6) is -0.294. The van der Waals surface area contributed by atoms with Crippen molar-refractivity contribution in [3.63, 3.8) is 0 Å². The fraction of sp³-hybridized carbons (Fsp3) is 0.500. The van der Waals surface area contributed by atoms with E-state index >= 15 is 0 Å². The Hall–Kier alpha value is -1.18. The molecule has 2 aromatic rings. The smallest absolute Gasteiger partial charge is 0.340 e. The van der Waals surface area contributed by atoms with Gasteiger partial charge in [0.15, 0.2) is 5.13 Å². The summed E-state index contributed by atoms with van der Waals surface area (Å²) in [5, 5.41) is 5.99. The molecular weight excluding hydrogens is 282 g/mol. The van der Waals surface area contributed by atoms with Crippen molar-refractivity contribution < 1.29 is 14.4 Å². The lowest BCUT2D eigenvalue weighted by Crippen LogP contribution is -3.05. The van der Waals surface area contributed by atoms with Crippen LogP contribution in [-0.2, 0) is 4.74 Å². The number of esters is 1. The number of hydrogen-bond donors (Lipinski definition) is 2. The van der Waals surface area contributed by atoms with Crippen LogP contribution < -0.4 is 10.2 Å². The first-order valence-electron chi connectivity index (χ1n) is 6.11. The molecular formula is C12H18N3O2S2+. The minimum atomic E-state index is -0.294. The lowest BCUT2D eigenvalue weighted by atomic mass is 10.3. The second-order valence-electron chi connectivity index (χ2n) is 4.53. The van der Waals surface area contributed by atoms with E-state index in [1.54, 1.807) is 5.38 Å². The summed E-state index contributed by atoms with van der Waals surface area (Å²) in [4.78, 5) is 18.4. The molecule has 7 heteroatoms. The molecule has 0 atom stereocenters. The van der Waals surface area contributed by atoms with Crippen molar-refractivity contribution >= 4 is 43.3 Å². The van der Waals surface area contributed by atoms with Crippen molar-refractivity contribution in [2.75, 3.05) is 39.6 Å². The Morgan fingerprint density at radius 3 is 3.00 bits per heavy atom. The molecule has 0 radical (unpaired) electrons. The predicted octanol–water partition coefficient (Wildman–Crippen LogP) is 1.09. The Balaban J connectivity index is 2.01. The third kappa shape index (κ3) is 3.43. The minimum absolute atomic E-state index is 0.294. The minimum Gasteiger partial charge on any atom is -0.465 e. The Morgan fingerprint density at radius 2 is 2.32 bits per heavy atom. The standard InChI is InChI=1S/C12H17N3O2S2/c1-15(2)6-4-5-13-12-14-10-9(19-12)8(7-18-10)11(16)17-3/h7H,4-6H2,1-3H3,(H,13,14)/p+1. The van der Waals surface area contributed by atoms with Crippen molar-refractivity contribution in [3.05, 3.63) is 10.9 Å². The molecule has 0 unspecified atom stereocenters. The summed E-state index contributed by atoms with van der Waals surface area (Å²) in [6, 6.07) is 0. The maximum atomic E-state index is 11.6. The quantitative estimate of drug-likeness (QED) is 0.619. The summed E-state index contributed by atoms with van der Waals surface area (Å²) in [6.07, 6.45) is 1.10. The summed E-state index contributed by atoms with van der Waals surface area (Å²) in [6.45, 7) is 2.03. The van der Waals surface area contributed by atoms with E-state index in [-0.39, 0.29) is 5.97 Å². The zero-order valence-electron chi connectivity index (χ0n) is 11.3. The Bertz CT molecular complexity index is 562. The van der Waals surface area contributed by atoms with Gasteiger partial charge >= 0.3 is 5.97 Å². The molecule has 0 aliphatic rings. The molecule has 0 fully saturated rings. The van der Waals surface area contributed by atoms with Crippen molar-refractivity contribution in [1.82, 2.24) is 4.98 Å². The molecule has 0 aliphatic carbocycles. The van der Waals surface area contributed by atoms with Crippen LogP contribution in [0.1, 0.15) is 16.8 Å². The highest BCUT2D eigenvalue weighted by Crippen LogP contribution is 2.33. The molecule has 0 bridgehead atoms. The van der Waals surface area contributed by atoms with Crippen LogP contribution in [0.5, 0.6) is 0 Å². The SMILES string of the molecule is COC(=O)c1csc2nc(NCCC[NH+](C)C)sc12. The maximum Gasteiger partial charge on any atom is 0.340 e. The number of methoxy groups -OCH3 is 1. The van der Waals surface area contributed by atoms with Crippen LogP contribution in [0.15, 0.2) is 5.38 Å². The molecule has 0 saturated carbocycles. The van der Waals surface area contributed by atoms with Crippen molar-refractivity contribution in [2.24, 2.45) is 0 Å². The van der Waals surface area contributed by atoms with Crippen LogP contribution in [0.25, 0.3) is 9.53 Å². The molecule has 2 heterocycles. The molecule has 104 valence electrons. The molecule has 2 aromatic heterocycles. The topological polar surface area (TPSA) is 55.7 Å². The number of hydrogen-bond acceptors (Lipinski definition) is 6. The van der Waals surface area contributed by atoms with Crippen LogP contribution in [0.2, 0.25) is 0 Å². The fourth-order valence-electron chi connectivity index (χ4n) is 1.69. The summed E-state index contributed by atoms with van der Waals surface area (Å²) < 4.78 is 5.67. The third-order valence-electron chi connectivity index (χ3n) is 2.66. The highest BCUT2D eigenvalue weighted by Gasteiger charge is 2.16. The molecule has 0 spiro atoms. The third-order valence-corrected chi connectivity index (χ3v) is 4.71. The van der Waals surface area contributed by atoms with Gasteiger partial charge < -0.3 is 15.0 Å². The van der Waals surface area contributed by atoms with Gasteiger partial charge in [-0.2, -0.15) is 0 Å². The molecule has 0 aromatic carbocycles. The van der Waals surface area contributed by atoms with Gasteiger partial charge in [-0.3, -0.25) is 0 Å². The number of thiophene rings is 1. The lowest BCUT2D eigenvalue weighted by Gasteiger charge is -2.06. The van der Waals surface area contributed by atoms with Crippen LogP contribution in [0.3, 0.4) is 0 Å². The summed E-state index contributed by atoms with van der Waals surface area (Å²) in [7, 11) is 5.68. The Kier molecular flexibility index (Phi) is 4.73. The number of fused-ring (bicyclic) bond motifs is 1. The molecule has 0 amide bonds. The van der Waals surface area contributed by atoms with E-state index in [1.807, 2.05) is 0 Å². The number of anilines is 1. The summed E-state index contributed by atoms with van der Waals surface area (Å²) in [5.41, 5.74) is 0.616. The largest absolute Gasteiger partial charge is 0.465 e. The number of carbonyl (C=O) groups is 1. The zero-order chi connectivity index (χ0) is 13.8. The predicted molar refractivity (Wildman–Crippen MR) is 79.6 cm³/mol. The first kappa shape index (κ1) is 14.2. The average Bonchev–Trinajstić information content (AvgIpc) is 2.93. The molecule has 5 nitrogen and oxygen atoms in total. The van der Waals surface area contributed by atoms with Gasteiger partial charge in [-0.1, -0.05) is 11.3 Å². The van der Waals surface area contributed by atoms with Gasteiger partial charge in [-0.25, -0.2) is 9.78 Å². The van der Waals surface area contributed by atoms with Gasteiger partial charge in [-0.05, 0) is 0 Å². The van der Waals surface area contributed by atoms with E-state index in [4.69, 9.17) is 4.74 Å². The number of thiazole rings is 1. The molecule has 0 saturated heterocycles. The van der Waals surface area contributed by atoms with E-state index < -0.39 is 0 Å². The lowest BCUT2D eigenvalue weighted by molar-refractivity contribution is -0.858. The molecule has 19 heavy (non-hydrogen) atoms. The highest BCUT2D eigenvalue weighted by atomic mass is 32.1. The van der Waals surface area contributed by atoms with Crippen molar-refractivity contribution in [3.8, 4) is 0 Å². The maximum absolute atomic E-state index is 11.6. The molecule has 2 N–H and O–H groups in total. The van der Waals surface area contributed by atoms with E-state index in [1.165, 1.54) is 34.7 Å². The first-order chi connectivity index (χ1) is 9.11. The van der Waals surface area contributed by atoms with E-state index in [9.17, 15) is 4.79 Å². The molecule has 0 aliphatic heterocycles. The number of carbonyl (C=O) groups excluding carboxylic acids is 1. The van der Waals surface area contributed by atoms with Crippen molar-refractivity contribution in [2.45, 2.75) is 6.42 Å². The number of quaternary nitrogens is 1. The second kappa shape index (κ2) is 6.31. The number of rotatable bonds is 6. The van der Waals surface area contributed by atoms with Gasteiger partial charge in [0.2, 0.25) is 0 Å². The Labute approximate surface area is 120 Å². The normalized spacial score (nSPS) is 11.2. The van der Waals surface area contributed by atoms with Gasteiger partial charge in [0, 0.05) is 18.3 Å². The number of aromatic nitrogens is 1. The van der Waals surface area contributed by atoms with Gasteiger partial charge in [0.05, 0.1) is 38.0 Å². The van der Waals surface area contributed by atoms with Gasteiger partial charge in [0.25, 0.3) is 0 Å². The fourth-order valence-corrected chi connectivity index (χ4v) is 3.78. The Morgan fingerprint density at radius 1 is 1.53 bits per heavy atom.